The van der Waals surface area contributed by atoms with Crippen LogP contribution < -0.4 is 15.4 Å². The lowest BCUT2D eigenvalue weighted by Crippen LogP contribution is -2.34. The van der Waals surface area contributed by atoms with Crippen molar-refractivity contribution in [3.8, 4) is 17.3 Å². The molecule has 9 nitrogen and oxygen atoms in total. The maximum absolute atomic E-state index is 12.3. The number of ether oxygens (including phenoxy) is 1. The summed E-state index contributed by atoms with van der Waals surface area (Å²) < 4.78 is 7.59. The fourth-order valence-electron chi connectivity index (χ4n) is 3.49. The molecule has 9 heteroatoms. The zero-order chi connectivity index (χ0) is 24.0. The highest BCUT2D eigenvalue weighted by Crippen LogP contribution is 2.22. The number of aromatic nitrogens is 4. The number of rotatable bonds is 6. The molecule has 0 saturated heterocycles. The van der Waals surface area contributed by atoms with Gasteiger partial charge in [-0.1, -0.05) is 30.3 Å². The third kappa shape index (κ3) is 5.14. The number of anilines is 1. The van der Waals surface area contributed by atoms with Gasteiger partial charge in [-0.25, -0.2) is 9.97 Å². The highest BCUT2D eigenvalue weighted by molar-refractivity contribution is 6.39. The van der Waals surface area contributed by atoms with Crippen molar-refractivity contribution in [2.75, 3.05) is 5.32 Å². The lowest BCUT2D eigenvalue weighted by atomic mass is 10.2. The van der Waals surface area contributed by atoms with Crippen LogP contribution in [-0.4, -0.2) is 31.3 Å². The van der Waals surface area contributed by atoms with Crippen LogP contribution >= 0.6 is 0 Å². The largest absolute Gasteiger partial charge is 0.437 e. The van der Waals surface area contributed by atoms with Gasteiger partial charge in [-0.15, -0.1) is 0 Å². The van der Waals surface area contributed by atoms with Crippen molar-refractivity contribution >= 4 is 28.5 Å². The first-order valence-electron chi connectivity index (χ1n) is 10.8. The van der Waals surface area contributed by atoms with E-state index in [0.717, 1.165) is 22.3 Å². The second kappa shape index (κ2) is 9.84. The lowest BCUT2D eigenvalue weighted by molar-refractivity contribution is -0.136. The van der Waals surface area contributed by atoms with Crippen LogP contribution in [0, 0.1) is 0 Å². The van der Waals surface area contributed by atoms with E-state index in [1.165, 1.54) is 18.6 Å². The molecule has 35 heavy (non-hydrogen) atoms. The maximum atomic E-state index is 12.3. The summed E-state index contributed by atoms with van der Waals surface area (Å²) in [6.07, 6.45) is 6.30. The summed E-state index contributed by atoms with van der Waals surface area (Å²) in [5.74, 6) is -0.742. The number of amides is 2. The molecule has 2 amide bonds. The van der Waals surface area contributed by atoms with Crippen molar-refractivity contribution in [2.24, 2.45) is 0 Å². The molecule has 3 aromatic carbocycles. The van der Waals surface area contributed by atoms with E-state index in [1.807, 2.05) is 53.1 Å². The molecule has 0 unspecified atom stereocenters. The van der Waals surface area contributed by atoms with Gasteiger partial charge in [0.25, 0.3) is 0 Å². The number of hydrogen-bond donors (Lipinski definition) is 2. The number of benzene rings is 3. The van der Waals surface area contributed by atoms with Crippen LogP contribution in [0.3, 0.4) is 0 Å². The van der Waals surface area contributed by atoms with Crippen molar-refractivity contribution in [2.45, 2.75) is 6.54 Å². The van der Waals surface area contributed by atoms with Crippen molar-refractivity contribution < 1.29 is 14.3 Å². The Bertz CT molecular complexity index is 1480. The van der Waals surface area contributed by atoms with E-state index >= 15 is 0 Å². The standard InChI is InChI=1S/C26H20N6O3/c33-25(26(34)31-19-4-3-5-21(14-19)35-24-16-27-12-13-28-24)29-15-18-8-10-20(11-9-18)32-17-30-22-6-1-2-7-23(22)32/h1-14,16-17H,15H2,(H,29,33)(H,31,34). The molecule has 0 radical (unpaired) electrons. The van der Waals surface area contributed by atoms with Crippen LogP contribution in [0.2, 0.25) is 0 Å². The van der Waals surface area contributed by atoms with Crippen LogP contribution in [0.15, 0.2) is 97.7 Å². The van der Waals surface area contributed by atoms with Gasteiger partial charge in [0.05, 0.1) is 17.2 Å². The molecule has 0 aliphatic heterocycles. The summed E-state index contributed by atoms with van der Waals surface area (Å²) >= 11 is 0. The van der Waals surface area contributed by atoms with E-state index in [-0.39, 0.29) is 6.54 Å². The zero-order valence-electron chi connectivity index (χ0n) is 18.5. The monoisotopic (exact) mass is 464 g/mol. The van der Waals surface area contributed by atoms with Gasteiger partial charge in [0.2, 0.25) is 5.88 Å². The van der Waals surface area contributed by atoms with Gasteiger partial charge in [-0.05, 0) is 42.0 Å². The Balaban J connectivity index is 1.17. The normalized spacial score (nSPS) is 10.6. The molecule has 0 aliphatic carbocycles. The molecule has 2 aromatic heterocycles. The minimum absolute atomic E-state index is 0.215. The van der Waals surface area contributed by atoms with Crippen molar-refractivity contribution in [1.82, 2.24) is 24.8 Å². The second-order valence-electron chi connectivity index (χ2n) is 7.58. The minimum Gasteiger partial charge on any atom is -0.437 e. The number of hydrogen-bond acceptors (Lipinski definition) is 6. The first-order valence-corrected chi connectivity index (χ1v) is 10.8. The number of nitrogens with one attached hydrogen (secondary N) is 2. The lowest BCUT2D eigenvalue weighted by Gasteiger charge is -2.09. The molecule has 0 spiro atoms. The predicted octanol–water partition coefficient (Wildman–Crippen LogP) is 3.86. The van der Waals surface area contributed by atoms with Gasteiger partial charge < -0.3 is 15.4 Å². The van der Waals surface area contributed by atoms with Crippen molar-refractivity contribution in [3.05, 3.63) is 103 Å². The van der Waals surface area contributed by atoms with Crippen LogP contribution in [0.1, 0.15) is 5.56 Å². The molecule has 0 saturated carbocycles. The van der Waals surface area contributed by atoms with E-state index in [2.05, 4.69) is 25.6 Å². The van der Waals surface area contributed by atoms with Crippen molar-refractivity contribution in [3.63, 3.8) is 0 Å². The van der Waals surface area contributed by atoms with Crippen LogP contribution in [0.4, 0.5) is 5.69 Å². The average Bonchev–Trinajstić information content (AvgIpc) is 3.33. The molecule has 0 fully saturated rings. The molecule has 0 aliphatic rings. The summed E-state index contributed by atoms with van der Waals surface area (Å²) in [5, 5.41) is 5.21. The first kappa shape index (κ1) is 21.8. The summed E-state index contributed by atoms with van der Waals surface area (Å²) in [4.78, 5) is 37.0. The summed E-state index contributed by atoms with van der Waals surface area (Å²) in [6.45, 7) is 0.215. The number of nitrogens with zero attached hydrogens (tertiary/aromatic N) is 4. The Kier molecular flexibility index (Phi) is 6.12. The molecule has 0 atom stereocenters. The van der Waals surface area contributed by atoms with Gasteiger partial charge in [-0.3, -0.25) is 19.1 Å². The third-order valence-corrected chi connectivity index (χ3v) is 5.18. The quantitative estimate of drug-likeness (QED) is 0.369. The van der Waals surface area contributed by atoms with E-state index in [1.54, 1.807) is 30.6 Å². The van der Waals surface area contributed by atoms with E-state index < -0.39 is 11.8 Å². The molecular weight excluding hydrogens is 444 g/mol. The highest BCUT2D eigenvalue weighted by Gasteiger charge is 2.14. The topological polar surface area (TPSA) is 111 Å². The number of carbonyl (C=O) groups is 2. The molecule has 2 N–H and O–H groups in total. The Morgan fingerprint density at radius 3 is 2.57 bits per heavy atom. The van der Waals surface area contributed by atoms with Gasteiger partial charge in [0, 0.05) is 36.4 Å². The van der Waals surface area contributed by atoms with E-state index in [0.29, 0.717) is 17.3 Å². The number of fused-ring (bicyclic) bond motifs is 1. The molecule has 2 heterocycles. The Hall–Kier alpha value is -5.05. The number of para-hydroxylation sites is 2. The Morgan fingerprint density at radius 1 is 0.886 bits per heavy atom. The van der Waals surface area contributed by atoms with Gasteiger partial charge in [-0.2, -0.15) is 0 Å². The molecule has 5 aromatic rings. The fourth-order valence-corrected chi connectivity index (χ4v) is 3.49. The fraction of sp³-hybridized carbons (Fsp3) is 0.0385. The SMILES string of the molecule is O=C(NCc1ccc(-n2cnc3ccccc32)cc1)C(=O)Nc1cccc(Oc2cnccn2)c1. The highest BCUT2D eigenvalue weighted by atomic mass is 16.5. The van der Waals surface area contributed by atoms with Crippen LogP contribution in [0.5, 0.6) is 11.6 Å². The Morgan fingerprint density at radius 2 is 1.74 bits per heavy atom. The first-order chi connectivity index (χ1) is 17.2. The molecule has 0 bridgehead atoms. The summed E-state index contributed by atoms with van der Waals surface area (Å²) in [7, 11) is 0. The van der Waals surface area contributed by atoms with Gasteiger partial charge >= 0.3 is 11.8 Å². The minimum atomic E-state index is -0.775. The van der Waals surface area contributed by atoms with Gasteiger partial charge in [0.1, 0.15) is 12.1 Å². The van der Waals surface area contributed by atoms with Crippen molar-refractivity contribution in [1.29, 1.82) is 0 Å². The molecule has 172 valence electrons. The zero-order valence-corrected chi connectivity index (χ0v) is 18.5. The summed E-state index contributed by atoms with van der Waals surface area (Å²) in [5.41, 5.74) is 4.16. The number of imidazole rings is 1. The third-order valence-electron chi connectivity index (χ3n) is 5.18. The number of carbonyl (C=O) groups excluding carboxylic acids is 2. The predicted molar refractivity (Wildman–Crippen MR) is 130 cm³/mol. The van der Waals surface area contributed by atoms with Crippen LogP contribution in [0.25, 0.3) is 16.7 Å². The second-order valence-corrected chi connectivity index (χ2v) is 7.58. The van der Waals surface area contributed by atoms with E-state index in [9.17, 15) is 9.59 Å². The Labute approximate surface area is 200 Å². The van der Waals surface area contributed by atoms with E-state index in [4.69, 9.17) is 4.74 Å². The summed E-state index contributed by atoms with van der Waals surface area (Å²) in [6, 6.07) is 22.2. The van der Waals surface area contributed by atoms with Crippen LogP contribution in [-0.2, 0) is 16.1 Å². The molecule has 5 rings (SSSR count). The maximum Gasteiger partial charge on any atom is 0.313 e. The molecular formula is C26H20N6O3. The van der Waals surface area contributed by atoms with Gasteiger partial charge in [0.15, 0.2) is 0 Å². The smallest absolute Gasteiger partial charge is 0.313 e. The average molecular weight is 464 g/mol.